The Labute approximate surface area is 148 Å². The first-order chi connectivity index (χ1) is 11.9. The van der Waals surface area contributed by atoms with E-state index >= 15 is 0 Å². The molecule has 0 aromatic heterocycles. The molecule has 0 saturated carbocycles. The van der Waals surface area contributed by atoms with Gasteiger partial charge in [-0.3, -0.25) is 15.0 Å². The molecule has 2 aliphatic rings. The number of fused-ring (bicyclic) bond motifs is 1. The second-order valence-electron chi connectivity index (χ2n) is 7.10. The van der Waals surface area contributed by atoms with E-state index in [0.717, 1.165) is 36.2 Å². The highest BCUT2D eigenvalue weighted by atomic mass is 16.2. The molecule has 5 nitrogen and oxygen atoms in total. The summed E-state index contributed by atoms with van der Waals surface area (Å²) < 4.78 is 0. The van der Waals surface area contributed by atoms with E-state index in [1.54, 1.807) is 11.0 Å². The number of Topliss-reactive ketones (excluding diaryl/α,β-unsaturated/α-hetero) is 1. The molecule has 0 bridgehead atoms. The predicted molar refractivity (Wildman–Crippen MR) is 100 cm³/mol. The molecule has 132 valence electrons. The summed E-state index contributed by atoms with van der Waals surface area (Å²) in [6.07, 6.45) is 7.18. The Bertz CT molecular complexity index is 749. The van der Waals surface area contributed by atoms with Crippen LogP contribution in [0.15, 0.2) is 42.6 Å². The number of ketones is 1. The number of nitrogens with zero attached hydrogens (tertiary/aromatic N) is 1. The summed E-state index contributed by atoms with van der Waals surface area (Å²) in [5.74, 6) is 0.216. The lowest BCUT2D eigenvalue weighted by molar-refractivity contribution is -0.122. The number of carbonyl (C=O) groups excluding carboxylic acids is 2. The Morgan fingerprint density at radius 2 is 2.04 bits per heavy atom. The Morgan fingerprint density at radius 3 is 2.80 bits per heavy atom. The molecular formula is C20H25N3O2. The van der Waals surface area contributed by atoms with Crippen LogP contribution in [0.1, 0.15) is 45.1 Å². The molecule has 0 radical (unpaired) electrons. The summed E-state index contributed by atoms with van der Waals surface area (Å²) in [5, 5.41) is 0. The first-order valence-corrected chi connectivity index (χ1v) is 8.78. The maximum absolute atomic E-state index is 12.7. The molecule has 0 saturated heterocycles. The number of hydrogen-bond donors (Lipinski definition) is 2. The molecule has 3 rings (SSSR count). The number of carbonyl (C=O) groups is 2. The second-order valence-corrected chi connectivity index (χ2v) is 7.10. The predicted octanol–water partition coefficient (Wildman–Crippen LogP) is 3.44. The van der Waals surface area contributed by atoms with E-state index in [1.807, 2.05) is 38.1 Å². The molecular weight excluding hydrogens is 314 g/mol. The van der Waals surface area contributed by atoms with E-state index < -0.39 is 5.41 Å². The fraction of sp³-hybridized carbons (Fsp3) is 0.400. The van der Waals surface area contributed by atoms with Gasteiger partial charge in [0.05, 0.1) is 16.8 Å². The standard InChI is InChI=1S/C20H25N3O2/c1-4-12-23-17-11-10-14(13-15(17)20(2,3)19(23)25)21-22-16-8-6-5-7-9-18(16)24/h4,8,10-11,13,21-22H,1,5-7,9,12H2,2-3H3. The molecule has 1 aliphatic heterocycles. The zero-order valence-corrected chi connectivity index (χ0v) is 14.9. The lowest BCUT2D eigenvalue weighted by atomic mass is 9.86. The van der Waals surface area contributed by atoms with E-state index in [2.05, 4.69) is 17.4 Å². The summed E-state index contributed by atoms with van der Waals surface area (Å²) >= 11 is 0. The van der Waals surface area contributed by atoms with Crippen molar-refractivity contribution in [2.24, 2.45) is 0 Å². The molecule has 2 N–H and O–H groups in total. The molecule has 0 spiro atoms. The zero-order valence-electron chi connectivity index (χ0n) is 14.9. The molecule has 1 amide bonds. The van der Waals surface area contributed by atoms with Crippen molar-refractivity contribution >= 4 is 23.1 Å². The number of allylic oxidation sites excluding steroid dienone is 2. The van der Waals surface area contributed by atoms with Gasteiger partial charge in [-0.1, -0.05) is 12.2 Å². The lowest BCUT2D eigenvalue weighted by Crippen LogP contribution is -2.36. The van der Waals surface area contributed by atoms with Gasteiger partial charge in [-0.2, -0.15) is 0 Å². The summed E-state index contributed by atoms with van der Waals surface area (Å²) in [6, 6.07) is 5.84. The third-order valence-corrected chi connectivity index (χ3v) is 4.90. The first kappa shape index (κ1) is 17.3. The largest absolute Gasteiger partial charge is 0.308 e. The van der Waals surface area contributed by atoms with Crippen molar-refractivity contribution in [1.82, 2.24) is 5.43 Å². The quantitative estimate of drug-likeness (QED) is 0.637. The summed E-state index contributed by atoms with van der Waals surface area (Å²) in [7, 11) is 0. The maximum atomic E-state index is 12.7. The number of hydrazine groups is 1. The van der Waals surface area contributed by atoms with E-state index in [9.17, 15) is 9.59 Å². The van der Waals surface area contributed by atoms with Gasteiger partial charge in [0.1, 0.15) is 0 Å². The number of rotatable bonds is 5. The van der Waals surface area contributed by atoms with E-state index in [-0.39, 0.29) is 11.7 Å². The van der Waals surface area contributed by atoms with Crippen molar-refractivity contribution in [2.45, 2.75) is 44.9 Å². The molecule has 1 aromatic carbocycles. The van der Waals surface area contributed by atoms with Gasteiger partial charge < -0.3 is 10.3 Å². The van der Waals surface area contributed by atoms with Gasteiger partial charge in [0.2, 0.25) is 5.91 Å². The topological polar surface area (TPSA) is 61.4 Å². The highest BCUT2D eigenvalue weighted by Gasteiger charge is 2.43. The Morgan fingerprint density at radius 1 is 1.24 bits per heavy atom. The van der Waals surface area contributed by atoms with Crippen LogP contribution in [-0.2, 0) is 15.0 Å². The van der Waals surface area contributed by atoms with Crippen LogP contribution in [0.3, 0.4) is 0 Å². The van der Waals surface area contributed by atoms with Gasteiger partial charge in [0.15, 0.2) is 5.78 Å². The third-order valence-electron chi connectivity index (χ3n) is 4.90. The number of benzene rings is 1. The molecule has 0 fully saturated rings. The summed E-state index contributed by atoms with van der Waals surface area (Å²) in [5.41, 5.74) is 8.94. The molecule has 1 aliphatic carbocycles. The van der Waals surface area contributed by atoms with Gasteiger partial charge in [-0.05, 0) is 56.9 Å². The molecule has 1 aromatic rings. The van der Waals surface area contributed by atoms with Crippen LogP contribution in [0.2, 0.25) is 0 Å². The molecule has 5 heteroatoms. The second kappa shape index (κ2) is 6.75. The third kappa shape index (κ3) is 3.18. The summed E-state index contributed by atoms with van der Waals surface area (Å²) in [4.78, 5) is 26.5. The maximum Gasteiger partial charge on any atom is 0.237 e. The Balaban J connectivity index is 1.81. The van der Waals surface area contributed by atoms with Crippen molar-refractivity contribution in [3.8, 4) is 0 Å². The monoisotopic (exact) mass is 339 g/mol. The average molecular weight is 339 g/mol. The Kier molecular flexibility index (Phi) is 4.66. The van der Waals surface area contributed by atoms with Gasteiger partial charge >= 0.3 is 0 Å². The van der Waals surface area contributed by atoms with Crippen LogP contribution >= 0.6 is 0 Å². The van der Waals surface area contributed by atoms with Crippen molar-refractivity contribution < 1.29 is 9.59 Å². The van der Waals surface area contributed by atoms with Crippen LogP contribution in [0, 0.1) is 0 Å². The van der Waals surface area contributed by atoms with E-state index in [4.69, 9.17) is 0 Å². The SMILES string of the molecule is C=CCN1C(=O)C(C)(C)c2cc(NNC3=CCCCCC3=O)ccc21. The highest BCUT2D eigenvalue weighted by Crippen LogP contribution is 2.42. The normalized spacial score (nSPS) is 19.1. The lowest BCUT2D eigenvalue weighted by Gasteiger charge is -2.18. The minimum absolute atomic E-state index is 0.0779. The van der Waals surface area contributed by atoms with Crippen LogP contribution < -0.4 is 15.8 Å². The number of amides is 1. The fourth-order valence-corrected chi connectivity index (χ4v) is 3.41. The highest BCUT2D eigenvalue weighted by molar-refractivity contribution is 6.08. The number of hydrogen-bond acceptors (Lipinski definition) is 4. The average Bonchev–Trinajstić information content (AvgIpc) is 2.74. The van der Waals surface area contributed by atoms with Gasteiger partial charge in [0, 0.05) is 18.7 Å². The van der Waals surface area contributed by atoms with E-state index in [0.29, 0.717) is 18.7 Å². The van der Waals surface area contributed by atoms with Gasteiger partial charge in [-0.25, -0.2) is 0 Å². The molecule has 0 unspecified atom stereocenters. The number of anilines is 2. The summed E-state index contributed by atoms with van der Waals surface area (Å²) in [6.45, 7) is 8.11. The van der Waals surface area contributed by atoms with Crippen molar-refractivity contribution in [2.75, 3.05) is 16.9 Å². The molecule has 0 atom stereocenters. The minimum atomic E-state index is -0.576. The van der Waals surface area contributed by atoms with Crippen LogP contribution in [0.4, 0.5) is 11.4 Å². The van der Waals surface area contributed by atoms with Crippen LogP contribution in [-0.4, -0.2) is 18.2 Å². The zero-order chi connectivity index (χ0) is 18.0. The van der Waals surface area contributed by atoms with Crippen molar-refractivity contribution in [3.05, 3.63) is 48.2 Å². The van der Waals surface area contributed by atoms with Crippen LogP contribution in [0.5, 0.6) is 0 Å². The van der Waals surface area contributed by atoms with Crippen molar-refractivity contribution in [1.29, 1.82) is 0 Å². The number of nitrogens with one attached hydrogen (secondary N) is 2. The fourth-order valence-electron chi connectivity index (χ4n) is 3.41. The Hall–Kier alpha value is -2.56. The van der Waals surface area contributed by atoms with Gasteiger partial charge in [0.25, 0.3) is 0 Å². The van der Waals surface area contributed by atoms with Gasteiger partial charge in [-0.15, -0.1) is 6.58 Å². The van der Waals surface area contributed by atoms with Crippen molar-refractivity contribution in [3.63, 3.8) is 0 Å². The first-order valence-electron chi connectivity index (χ1n) is 8.78. The van der Waals surface area contributed by atoms with E-state index in [1.165, 1.54) is 0 Å². The smallest absolute Gasteiger partial charge is 0.237 e. The van der Waals surface area contributed by atoms with Crippen LogP contribution in [0.25, 0.3) is 0 Å². The minimum Gasteiger partial charge on any atom is -0.308 e. The molecule has 1 heterocycles. The molecule has 25 heavy (non-hydrogen) atoms.